The van der Waals surface area contributed by atoms with Crippen LogP contribution in [0.5, 0.6) is 5.75 Å². The second-order valence-corrected chi connectivity index (χ2v) is 4.18. The highest BCUT2D eigenvalue weighted by Gasteiger charge is 2.05. The molecule has 5 heteroatoms. The minimum Gasteiger partial charge on any atom is -0.497 e. The van der Waals surface area contributed by atoms with E-state index in [4.69, 9.17) is 10.5 Å². The third-order valence-corrected chi connectivity index (χ3v) is 2.19. The van der Waals surface area contributed by atoms with Crippen molar-refractivity contribution in [2.45, 2.75) is 26.3 Å². The number of methoxy groups -OCH3 is 1. The summed E-state index contributed by atoms with van der Waals surface area (Å²) in [7, 11) is 1.60. The topological polar surface area (TPSA) is 76.7 Å². The quantitative estimate of drug-likeness (QED) is 0.619. The number of nitrogens with one attached hydrogen (secondary N) is 1. The molecule has 0 aliphatic carbocycles. The molecule has 0 unspecified atom stereocenters. The molecule has 3 N–H and O–H groups in total. The van der Waals surface area contributed by atoms with Crippen LogP contribution in [0.15, 0.2) is 29.3 Å². The molecule has 0 heterocycles. The van der Waals surface area contributed by atoms with E-state index in [-0.39, 0.29) is 24.3 Å². The minimum absolute atomic E-state index is 0.0614. The third kappa shape index (κ3) is 4.86. The van der Waals surface area contributed by atoms with Crippen molar-refractivity contribution in [1.29, 1.82) is 0 Å². The molecular formula is C13H19N3O2. The molecule has 0 atom stereocenters. The standard InChI is InChI=1S/C13H19N3O2/c1-9(2)15-13(14)16-12(17)8-10-4-6-11(18-3)7-5-10/h4-7,9H,8H2,1-3H3,(H3,14,15,16,17). The van der Waals surface area contributed by atoms with Crippen molar-refractivity contribution in [2.75, 3.05) is 7.11 Å². The Kier molecular flexibility index (Phi) is 5.17. The predicted molar refractivity (Wildman–Crippen MR) is 71.6 cm³/mol. The molecule has 0 saturated carbocycles. The Bertz CT molecular complexity index is 424. The zero-order chi connectivity index (χ0) is 13.5. The summed E-state index contributed by atoms with van der Waals surface area (Å²) in [5.74, 6) is 0.741. The van der Waals surface area contributed by atoms with E-state index in [1.165, 1.54) is 0 Å². The van der Waals surface area contributed by atoms with Crippen LogP contribution >= 0.6 is 0 Å². The van der Waals surface area contributed by atoms with Crippen molar-refractivity contribution in [2.24, 2.45) is 10.7 Å². The van der Waals surface area contributed by atoms with Crippen molar-refractivity contribution in [3.8, 4) is 5.75 Å². The van der Waals surface area contributed by atoms with Gasteiger partial charge in [0, 0.05) is 6.04 Å². The summed E-state index contributed by atoms with van der Waals surface area (Å²) >= 11 is 0. The normalized spacial score (nSPS) is 11.4. The van der Waals surface area contributed by atoms with Crippen molar-refractivity contribution in [1.82, 2.24) is 5.32 Å². The van der Waals surface area contributed by atoms with Gasteiger partial charge in [-0.05, 0) is 31.5 Å². The Balaban J connectivity index is 2.54. The van der Waals surface area contributed by atoms with Crippen molar-refractivity contribution in [3.63, 3.8) is 0 Å². The van der Waals surface area contributed by atoms with Crippen LogP contribution in [0.3, 0.4) is 0 Å². The van der Waals surface area contributed by atoms with Crippen LogP contribution in [0.2, 0.25) is 0 Å². The van der Waals surface area contributed by atoms with Crippen LogP contribution in [-0.2, 0) is 11.2 Å². The molecule has 0 spiro atoms. The van der Waals surface area contributed by atoms with Crippen molar-refractivity contribution >= 4 is 11.9 Å². The molecule has 0 fully saturated rings. The van der Waals surface area contributed by atoms with Gasteiger partial charge in [0.25, 0.3) is 0 Å². The number of hydrogen-bond donors (Lipinski definition) is 2. The second-order valence-electron chi connectivity index (χ2n) is 4.18. The molecule has 1 aromatic carbocycles. The zero-order valence-electron chi connectivity index (χ0n) is 10.9. The lowest BCUT2D eigenvalue weighted by atomic mass is 10.1. The molecule has 0 bridgehead atoms. The molecule has 0 aromatic heterocycles. The molecule has 0 aliphatic rings. The molecule has 1 aromatic rings. The van der Waals surface area contributed by atoms with Crippen LogP contribution in [0.1, 0.15) is 19.4 Å². The number of guanidine groups is 1. The molecule has 5 nitrogen and oxygen atoms in total. The van der Waals surface area contributed by atoms with Gasteiger partial charge in [0.1, 0.15) is 5.75 Å². The Morgan fingerprint density at radius 2 is 2.00 bits per heavy atom. The molecule has 0 saturated heterocycles. The van der Waals surface area contributed by atoms with Gasteiger partial charge in [0.15, 0.2) is 5.96 Å². The van der Waals surface area contributed by atoms with Gasteiger partial charge in [-0.2, -0.15) is 0 Å². The van der Waals surface area contributed by atoms with E-state index in [2.05, 4.69) is 10.3 Å². The lowest BCUT2D eigenvalue weighted by molar-refractivity contribution is -0.119. The van der Waals surface area contributed by atoms with Crippen molar-refractivity contribution in [3.05, 3.63) is 29.8 Å². The molecule has 1 rings (SSSR count). The smallest absolute Gasteiger partial charge is 0.231 e. The number of carbonyl (C=O) groups excluding carboxylic acids is 1. The summed E-state index contributed by atoms with van der Waals surface area (Å²) in [6.45, 7) is 3.78. The lowest BCUT2D eigenvalue weighted by Crippen LogP contribution is -2.38. The van der Waals surface area contributed by atoms with E-state index in [1.54, 1.807) is 7.11 Å². The summed E-state index contributed by atoms with van der Waals surface area (Å²) in [5.41, 5.74) is 6.47. The van der Waals surface area contributed by atoms with Crippen LogP contribution < -0.4 is 15.8 Å². The maximum absolute atomic E-state index is 11.7. The van der Waals surface area contributed by atoms with E-state index in [0.717, 1.165) is 11.3 Å². The van der Waals surface area contributed by atoms with Gasteiger partial charge in [0.05, 0.1) is 13.5 Å². The number of rotatable bonds is 4. The van der Waals surface area contributed by atoms with Crippen LogP contribution in [0.25, 0.3) is 0 Å². The highest BCUT2D eigenvalue weighted by atomic mass is 16.5. The average molecular weight is 249 g/mol. The van der Waals surface area contributed by atoms with E-state index >= 15 is 0 Å². The first-order valence-electron chi connectivity index (χ1n) is 5.77. The van der Waals surface area contributed by atoms with Gasteiger partial charge in [-0.25, -0.2) is 0 Å². The second kappa shape index (κ2) is 6.64. The van der Waals surface area contributed by atoms with Gasteiger partial charge in [-0.1, -0.05) is 12.1 Å². The lowest BCUT2D eigenvalue weighted by Gasteiger charge is -2.06. The van der Waals surface area contributed by atoms with Gasteiger partial charge in [-0.15, -0.1) is 0 Å². The number of ether oxygens (including phenoxy) is 1. The number of amides is 1. The fraction of sp³-hybridized carbons (Fsp3) is 0.385. The maximum Gasteiger partial charge on any atom is 0.231 e. The highest BCUT2D eigenvalue weighted by Crippen LogP contribution is 2.11. The maximum atomic E-state index is 11.7. The Morgan fingerprint density at radius 1 is 1.39 bits per heavy atom. The Labute approximate surface area is 107 Å². The van der Waals surface area contributed by atoms with Gasteiger partial charge < -0.3 is 10.5 Å². The van der Waals surface area contributed by atoms with Crippen LogP contribution in [0.4, 0.5) is 0 Å². The van der Waals surface area contributed by atoms with E-state index in [0.29, 0.717) is 0 Å². The molecule has 0 aliphatic heterocycles. The third-order valence-electron chi connectivity index (χ3n) is 2.19. The first kappa shape index (κ1) is 14.0. The van der Waals surface area contributed by atoms with E-state index in [1.807, 2.05) is 38.1 Å². The number of benzene rings is 1. The van der Waals surface area contributed by atoms with E-state index < -0.39 is 0 Å². The minimum atomic E-state index is -0.179. The number of aliphatic imine (C=N–C) groups is 1. The highest BCUT2D eigenvalue weighted by molar-refractivity contribution is 5.97. The molecule has 1 amide bonds. The largest absolute Gasteiger partial charge is 0.497 e. The number of hydrogen-bond acceptors (Lipinski definition) is 3. The summed E-state index contributed by atoms with van der Waals surface area (Å²) in [6.07, 6.45) is 0.262. The predicted octanol–water partition coefficient (Wildman–Crippen LogP) is 1.08. The SMILES string of the molecule is COc1ccc(CC(=O)NC(N)=NC(C)C)cc1. The summed E-state index contributed by atoms with van der Waals surface area (Å²) in [6, 6.07) is 7.37. The Hall–Kier alpha value is -2.04. The van der Waals surface area contributed by atoms with Gasteiger partial charge in [0.2, 0.25) is 5.91 Å². The summed E-state index contributed by atoms with van der Waals surface area (Å²) < 4.78 is 5.04. The number of carbonyl (C=O) groups is 1. The monoisotopic (exact) mass is 249 g/mol. The summed E-state index contributed by atoms with van der Waals surface area (Å²) in [4.78, 5) is 15.7. The van der Waals surface area contributed by atoms with Crippen LogP contribution in [0, 0.1) is 0 Å². The zero-order valence-corrected chi connectivity index (χ0v) is 10.9. The first-order chi connectivity index (χ1) is 8.51. The molecule has 0 radical (unpaired) electrons. The fourth-order valence-electron chi connectivity index (χ4n) is 1.43. The molecule has 98 valence electrons. The fourth-order valence-corrected chi connectivity index (χ4v) is 1.43. The summed E-state index contributed by atoms with van der Waals surface area (Å²) in [5, 5.41) is 2.55. The Morgan fingerprint density at radius 3 is 2.50 bits per heavy atom. The molecular weight excluding hydrogens is 230 g/mol. The van der Waals surface area contributed by atoms with Gasteiger partial charge >= 0.3 is 0 Å². The molecule has 18 heavy (non-hydrogen) atoms. The number of nitrogens with zero attached hydrogens (tertiary/aromatic N) is 1. The first-order valence-corrected chi connectivity index (χ1v) is 5.77. The van der Waals surface area contributed by atoms with Gasteiger partial charge in [-0.3, -0.25) is 15.1 Å². The van der Waals surface area contributed by atoms with E-state index in [9.17, 15) is 4.79 Å². The average Bonchev–Trinajstić information content (AvgIpc) is 2.28. The van der Waals surface area contributed by atoms with Crippen molar-refractivity contribution < 1.29 is 9.53 Å². The number of nitrogens with two attached hydrogens (primary N) is 1. The van der Waals surface area contributed by atoms with Crippen LogP contribution in [-0.4, -0.2) is 25.0 Å².